The van der Waals surface area contributed by atoms with Crippen molar-refractivity contribution in [2.24, 2.45) is 5.92 Å². The van der Waals surface area contributed by atoms with Crippen LogP contribution in [0.2, 0.25) is 0 Å². The molecule has 0 saturated heterocycles. The minimum atomic E-state index is -0.770. The van der Waals surface area contributed by atoms with E-state index in [9.17, 15) is 14.7 Å². The molecule has 9 nitrogen and oxygen atoms in total. The van der Waals surface area contributed by atoms with Crippen molar-refractivity contribution in [1.29, 1.82) is 0 Å². The Morgan fingerprint density at radius 2 is 2.15 bits per heavy atom. The van der Waals surface area contributed by atoms with E-state index in [1.165, 1.54) is 17.4 Å². The highest BCUT2D eigenvalue weighted by atomic mass is 32.1. The van der Waals surface area contributed by atoms with Crippen molar-refractivity contribution in [3.63, 3.8) is 0 Å². The number of hydrogen-bond acceptors (Lipinski definition) is 8. The minimum Gasteiger partial charge on any atom is -0.391 e. The molecule has 2 aromatic rings. The zero-order valence-corrected chi connectivity index (χ0v) is 15.4. The summed E-state index contributed by atoms with van der Waals surface area (Å²) in [6.45, 7) is 4.04. The Morgan fingerprint density at radius 1 is 1.35 bits per heavy atom. The highest BCUT2D eigenvalue weighted by Gasteiger charge is 2.38. The van der Waals surface area contributed by atoms with Gasteiger partial charge >= 0.3 is 0 Å². The number of carbonyl (C=O) groups excluding carboxylic acids is 2. The predicted octanol–water partition coefficient (Wildman–Crippen LogP) is 0.371. The summed E-state index contributed by atoms with van der Waals surface area (Å²) in [7, 11) is 0. The molecule has 1 saturated carbocycles. The third-order valence-electron chi connectivity index (χ3n) is 4.28. The van der Waals surface area contributed by atoms with Gasteiger partial charge in [0.25, 0.3) is 5.91 Å². The molecule has 2 heterocycles. The van der Waals surface area contributed by atoms with Crippen LogP contribution < -0.4 is 10.6 Å². The van der Waals surface area contributed by atoms with Crippen LogP contribution in [0, 0.1) is 19.8 Å². The van der Waals surface area contributed by atoms with Crippen molar-refractivity contribution in [1.82, 2.24) is 26.0 Å². The van der Waals surface area contributed by atoms with Crippen LogP contribution in [0.4, 0.5) is 0 Å². The smallest absolute Gasteiger partial charge is 0.273 e. The monoisotopic (exact) mass is 379 g/mol. The van der Waals surface area contributed by atoms with E-state index in [4.69, 9.17) is 4.52 Å². The molecular formula is C16H21N5O4S. The quantitative estimate of drug-likeness (QED) is 0.661. The third-order valence-corrected chi connectivity index (χ3v) is 5.18. The van der Waals surface area contributed by atoms with Crippen molar-refractivity contribution >= 4 is 23.2 Å². The summed E-state index contributed by atoms with van der Waals surface area (Å²) in [6, 6.07) is 1.04. The lowest BCUT2D eigenvalue weighted by atomic mass is 10.1. The first kappa shape index (κ1) is 18.5. The number of aryl methyl sites for hydroxylation is 2. The van der Waals surface area contributed by atoms with E-state index in [0.29, 0.717) is 31.6 Å². The standard InChI is InChI=1S/C16H21N5O4S/c1-8-5-12(21-25-8)16(24)18-11-6-10(7-13(11)22)15(23)17-4-3-14-20-19-9(2)26-14/h5,10-11,13,22H,3-4,6-7H2,1-2H3,(H,17,23)(H,18,24)/t10-,11+,13+/m0/s1. The van der Waals surface area contributed by atoms with Crippen LogP contribution in [0.5, 0.6) is 0 Å². The lowest BCUT2D eigenvalue weighted by molar-refractivity contribution is -0.125. The van der Waals surface area contributed by atoms with Gasteiger partial charge in [-0.15, -0.1) is 21.5 Å². The van der Waals surface area contributed by atoms with Gasteiger partial charge in [0.05, 0.1) is 12.1 Å². The second-order valence-electron chi connectivity index (χ2n) is 6.39. The third kappa shape index (κ3) is 4.44. The summed E-state index contributed by atoms with van der Waals surface area (Å²) in [5.74, 6) is -0.353. The fourth-order valence-electron chi connectivity index (χ4n) is 2.98. The zero-order chi connectivity index (χ0) is 18.7. The molecule has 3 rings (SSSR count). The molecule has 1 aliphatic rings. The zero-order valence-electron chi connectivity index (χ0n) is 14.6. The van der Waals surface area contributed by atoms with Gasteiger partial charge < -0.3 is 20.3 Å². The van der Waals surface area contributed by atoms with E-state index in [-0.39, 0.29) is 17.5 Å². The number of aliphatic hydroxyl groups is 1. The lowest BCUT2D eigenvalue weighted by Crippen LogP contribution is -2.40. The van der Waals surface area contributed by atoms with Crippen molar-refractivity contribution < 1.29 is 19.2 Å². The number of hydrogen-bond donors (Lipinski definition) is 3. The van der Waals surface area contributed by atoms with Crippen LogP contribution in [0.25, 0.3) is 0 Å². The number of carbonyl (C=O) groups is 2. The summed E-state index contributed by atoms with van der Waals surface area (Å²) >= 11 is 1.50. The van der Waals surface area contributed by atoms with Crippen molar-refractivity contribution in [2.75, 3.05) is 6.54 Å². The summed E-state index contributed by atoms with van der Waals surface area (Å²) in [5, 5.41) is 29.1. The topological polar surface area (TPSA) is 130 Å². The molecule has 3 N–H and O–H groups in total. The largest absolute Gasteiger partial charge is 0.391 e. The normalized spacial score (nSPS) is 22.3. The summed E-state index contributed by atoms with van der Waals surface area (Å²) in [4.78, 5) is 24.4. The van der Waals surface area contributed by atoms with Crippen molar-refractivity contribution in [3.8, 4) is 0 Å². The Bertz CT molecular complexity index is 789. The molecule has 1 fully saturated rings. The van der Waals surface area contributed by atoms with E-state index in [1.54, 1.807) is 6.92 Å². The predicted molar refractivity (Wildman–Crippen MR) is 92.6 cm³/mol. The maximum atomic E-state index is 12.3. The number of nitrogens with one attached hydrogen (secondary N) is 2. The average molecular weight is 379 g/mol. The van der Waals surface area contributed by atoms with Crippen LogP contribution in [0.15, 0.2) is 10.6 Å². The maximum absolute atomic E-state index is 12.3. The van der Waals surface area contributed by atoms with Crippen LogP contribution >= 0.6 is 11.3 Å². The second-order valence-corrected chi connectivity index (χ2v) is 7.66. The number of rotatable bonds is 6. The molecule has 0 bridgehead atoms. The fraction of sp³-hybridized carbons (Fsp3) is 0.562. The molecule has 0 radical (unpaired) electrons. The van der Waals surface area contributed by atoms with Crippen molar-refractivity contribution in [3.05, 3.63) is 27.5 Å². The average Bonchev–Trinajstić information content (AvgIpc) is 3.29. The van der Waals surface area contributed by atoms with Gasteiger partial charge in [-0.2, -0.15) is 0 Å². The van der Waals surface area contributed by atoms with Crippen LogP contribution in [-0.2, 0) is 11.2 Å². The van der Waals surface area contributed by atoms with Crippen LogP contribution in [0.3, 0.4) is 0 Å². The van der Waals surface area contributed by atoms with E-state index < -0.39 is 18.1 Å². The Morgan fingerprint density at radius 3 is 2.81 bits per heavy atom. The first-order chi connectivity index (χ1) is 12.4. The summed E-state index contributed by atoms with van der Waals surface area (Å²) in [6.07, 6.45) is 0.548. The second kappa shape index (κ2) is 7.92. The Balaban J connectivity index is 1.46. The molecule has 2 aromatic heterocycles. The fourth-order valence-corrected chi connectivity index (χ4v) is 3.68. The highest BCUT2D eigenvalue weighted by Crippen LogP contribution is 2.26. The van der Waals surface area contributed by atoms with Gasteiger partial charge in [0.15, 0.2) is 5.69 Å². The first-order valence-electron chi connectivity index (χ1n) is 8.41. The van der Waals surface area contributed by atoms with Gasteiger partial charge in [-0.05, 0) is 26.7 Å². The van der Waals surface area contributed by atoms with Gasteiger partial charge in [0.1, 0.15) is 15.8 Å². The lowest BCUT2D eigenvalue weighted by Gasteiger charge is -2.15. The number of aliphatic hydroxyl groups excluding tert-OH is 1. The molecule has 2 amide bonds. The van der Waals surface area contributed by atoms with Gasteiger partial charge in [-0.3, -0.25) is 9.59 Å². The molecule has 140 valence electrons. The molecular weight excluding hydrogens is 358 g/mol. The van der Waals surface area contributed by atoms with E-state index in [2.05, 4.69) is 26.0 Å². The highest BCUT2D eigenvalue weighted by molar-refractivity contribution is 7.11. The van der Waals surface area contributed by atoms with Crippen LogP contribution in [-0.4, -0.2) is 51.0 Å². The van der Waals surface area contributed by atoms with Gasteiger partial charge in [-0.1, -0.05) is 5.16 Å². The van der Waals surface area contributed by atoms with Gasteiger partial charge in [0.2, 0.25) is 5.91 Å². The van der Waals surface area contributed by atoms with E-state index >= 15 is 0 Å². The number of aromatic nitrogens is 3. The molecule has 0 aromatic carbocycles. The summed E-state index contributed by atoms with van der Waals surface area (Å²) < 4.78 is 4.87. The SMILES string of the molecule is Cc1cc(C(=O)N[C@@H]2C[C@H](C(=O)NCCc3nnc(C)s3)C[C@H]2O)no1. The Kier molecular flexibility index (Phi) is 5.62. The summed E-state index contributed by atoms with van der Waals surface area (Å²) in [5.41, 5.74) is 0.162. The maximum Gasteiger partial charge on any atom is 0.273 e. The molecule has 1 aliphatic carbocycles. The Hall–Kier alpha value is -2.33. The number of nitrogens with zero attached hydrogens (tertiary/aromatic N) is 3. The van der Waals surface area contributed by atoms with Gasteiger partial charge in [0, 0.05) is 24.9 Å². The number of amides is 2. The molecule has 3 atom stereocenters. The van der Waals surface area contributed by atoms with E-state index in [1.807, 2.05) is 6.92 Å². The molecule has 0 unspecified atom stereocenters. The van der Waals surface area contributed by atoms with Crippen LogP contribution in [0.1, 0.15) is 39.1 Å². The van der Waals surface area contributed by atoms with Crippen molar-refractivity contribution in [2.45, 2.75) is 45.3 Å². The molecule has 26 heavy (non-hydrogen) atoms. The molecule has 0 aliphatic heterocycles. The molecule has 0 spiro atoms. The Labute approximate surface area is 154 Å². The first-order valence-corrected chi connectivity index (χ1v) is 9.23. The van der Waals surface area contributed by atoms with E-state index in [0.717, 1.165) is 10.0 Å². The van der Waals surface area contributed by atoms with Gasteiger partial charge in [-0.25, -0.2) is 0 Å². The molecule has 10 heteroatoms. The minimum absolute atomic E-state index is 0.126.